The fourth-order valence-electron chi connectivity index (χ4n) is 3.17. The molecule has 150 valence electrons. The Morgan fingerprint density at radius 2 is 1.93 bits per heavy atom. The number of nitrogens with zero attached hydrogens (tertiary/aromatic N) is 1. The molecule has 1 amide bonds. The van der Waals surface area contributed by atoms with Crippen molar-refractivity contribution in [1.29, 1.82) is 0 Å². The normalized spacial score (nSPS) is 20.0. The molecule has 0 bridgehead atoms. The van der Waals surface area contributed by atoms with Crippen LogP contribution in [-0.4, -0.2) is 47.8 Å². The first kappa shape index (κ1) is 21.1. The van der Waals surface area contributed by atoms with Crippen molar-refractivity contribution in [3.05, 3.63) is 29.3 Å². The lowest BCUT2D eigenvalue weighted by Crippen LogP contribution is -2.34. The number of carboxylic acid groups (broad SMARTS) is 1. The first-order valence-corrected chi connectivity index (χ1v) is 8.87. The minimum atomic E-state index is -4.63. The highest BCUT2D eigenvalue weighted by Gasteiger charge is 2.53. The number of alkyl halides is 3. The molecule has 0 saturated carbocycles. The molecule has 2 atom stereocenters. The Morgan fingerprint density at radius 3 is 2.52 bits per heavy atom. The number of aryl methyl sites for hydroxylation is 2. The van der Waals surface area contributed by atoms with Gasteiger partial charge in [0.15, 0.2) is 0 Å². The molecular formula is C19H24F3NO4. The molecule has 2 rings (SSSR count). The van der Waals surface area contributed by atoms with E-state index in [2.05, 4.69) is 0 Å². The van der Waals surface area contributed by atoms with Crippen molar-refractivity contribution in [1.82, 2.24) is 4.90 Å². The number of likely N-dealkylation sites (tertiary alicyclic amines) is 1. The average Bonchev–Trinajstić information content (AvgIpc) is 3.03. The fourth-order valence-corrected chi connectivity index (χ4v) is 3.17. The van der Waals surface area contributed by atoms with E-state index in [0.29, 0.717) is 19.4 Å². The van der Waals surface area contributed by atoms with Crippen molar-refractivity contribution in [3.8, 4) is 5.75 Å². The van der Waals surface area contributed by atoms with Gasteiger partial charge in [0.1, 0.15) is 5.75 Å². The van der Waals surface area contributed by atoms with Gasteiger partial charge in [-0.2, -0.15) is 13.2 Å². The highest BCUT2D eigenvalue weighted by atomic mass is 19.4. The molecule has 1 aromatic rings. The van der Waals surface area contributed by atoms with Crippen LogP contribution in [0.1, 0.15) is 30.4 Å². The van der Waals surface area contributed by atoms with Gasteiger partial charge in [-0.25, -0.2) is 0 Å². The number of hydrogen-bond acceptors (Lipinski definition) is 3. The van der Waals surface area contributed by atoms with E-state index in [1.165, 1.54) is 0 Å². The topological polar surface area (TPSA) is 66.8 Å². The van der Waals surface area contributed by atoms with Gasteiger partial charge in [0.2, 0.25) is 5.91 Å². The maximum atomic E-state index is 13.0. The van der Waals surface area contributed by atoms with E-state index in [1.807, 2.05) is 32.0 Å². The van der Waals surface area contributed by atoms with Crippen LogP contribution in [0.4, 0.5) is 13.2 Å². The Kier molecular flexibility index (Phi) is 6.73. The number of rotatable bonds is 7. The predicted molar refractivity (Wildman–Crippen MR) is 92.5 cm³/mol. The van der Waals surface area contributed by atoms with Gasteiger partial charge in [0.25, 0.3) is 0 Å². The highest BCUT2D eigenvalue weighted by Crippen LogP contribution is 2.38. The number of ether oxygens (including phenoxy) is 1. The predicted octanol–water partition coefficient (Wildman–Crippen LogP) is 3.57. The number of carboxylic acids is 1. The summed E-state index contributed by atoms with van der Waals surface area (Å²) < 4.78 is 44.6. The van der Waals surface area contributed by atoms with Crippen molar-refractivity contribution in [2.75, 3.05) is 19.7 Å². The summed E-state index contributed by atoms with van der Waals surface area (Å²) in [4.78, 5) is 24.2. The van der Waals surface area contributed by atoms with Crippen molar-refractivity contribution in [2.45, 2.75) is 39.3 Å². The number of unbranched alkanes of at least 4 members (excludes halogenated alkanes) is 1. The summed E-state index contributed by atoms with van der Waals surface area (Å²) in [5.74, 6) is -4.79. The molecule has 0 aliphatic carbocycles. The van der Waals surface area contributed by atoms with Gasteiger partial charge in [-0.05, 0) is 43.9 Å². The van der Waals surface area contributed by atoms with Crippen molar-refractivity contribution >= 4 is 11.9 Å². The molecule has 1 N–H and O–H groups in total. The van der Waals surface area contributed by atoms with Crippen LogP contribution in [0.3, 0.4) is 0 Å². The van der Waals surface area contributed by atoms with Crippen LogP contribution in [0.5, 0.6) is 5.75 Å². The Bertz CT molecular complexity index is 690. The average molecular weight is 387 g/mol. The Balaban J connectivity index is 1.77. The van der Waals surface area contributed by atoms with Crippen LogP contribution in [0.2, 0.25) is 0 Å². The van der Waals surface area contributed by atoms with Crippen LogP contribution < -0.4 is 4.74 Å². The summed E-state index contributed by atoms with van der Waals surface area (Å²) in [7, 11) is 0. The highest BCUT2D eigenvalue weighted by molar-refractivity contribution is 5.79. The largest absolute Gasteiger partial charge is 0.493 e. The van der Waals surface area contributed by atoms with Crippen molar-refractivity contribution in [3.63, 3.8) is 0 Å². The van der Waals surface area contributed by atoms with Crippen molar-refractivity contribution < 1.29 is 32.6 Å². The molecule has 5 nitrogen and oxygen atoms in total. The number of benzene rings is 1. The van der Waals surface area contributed by atoms with Crippen LogP contribution >= 0.6 is 0 Å². The van der Waals surface area contributed by atoms with E-state index in [4.69, 9.17) is 9.84 Å². The van der Waals surface area contributed by atoms with Crippen molar-refractivity contribution in [2.24, 2.45) is 11.8 Å². The quantitative estimate of drug-likeness (QED) is 0.727. The van der Waals surface area contributed by atoms with Gasteiger partial charge in [0, 0.05) is 19.5 Å². The zero-order valence-corrected chi connectivity index (χ0v) is 15.4. The molecule has 1 aliphatic rings. The lowest BCUT2D eigenvalue weighted by Gasteiger charge is -2.18. The van der Waals surface area contributed by atoms with Crippen LogP contribution in [0.25, 0.3) is 0 Å². The summed E-state index contributed by atoms with van der Waals surface area (Å²) in [5, 5.41) is 8.99. The van der Waals surface area contributed by atoms with Gasteiger partial charge < -0.3 is 14.7 Å². The third-order valence-electron chi connectivity index (χ3n) is 4.80. The Labute approximate surface area is 156 Å². The second-order valence-electron chi connectivity index (χ2n) is 6.97. The fraction of sp³-hybridized carbons (Fsp3) is 0.579. The smallest absolute Gasteiger partial charge is 0.394 e. The molecule has 1 aliphatic heterocycles. The van der Waals surface area contributed by atoms with Crippen LogP contribution in [0.15, 0.2) is 18.2 Å². The summed E-state index contributed by atoms with van der Waals surface area (Å²) >= 11 is 0. The van der Waals surface area contributed by atoms with Gasteiger partial charge >= 0.3 is 12.1 Å². The molecule has 1 heterocycles. The first-order chi connectivity index (χ1) is 12.6. The summed E-state index contributed by atoms with van der Waals surface area (Å²) in [6, 6.07) is 5.86. The second-order valence-corrected chi connectivity index (χ2v) is 6.97. The summed E-state index contributed by atoms with van der Waals surface area (Å²) in [6.45, 7) is 3.32. The number of hydrogen-bond donors (Lipinski definition) is 1. The van der Waals surface area contributed by atoms with E-state index >= 15 is 0 Å². The summed E-state index contributed by atoms with van der Waals surface area (Å²) in [5.41, 5.74) is 2.08. The van der Waals surface area contributed by atoms with Crippen LogP contribution in [-0.2, 0) is 9.59 Å². The van der Waals surface area contributed by atoms with E-state index in [0.717, 1.165) is 21.8 Å². The van der Waals surface area contributed by atoms with Gasteiger partial charge in [-0.1, -0.05) is 12.1 Å². The molecule has 0 spiro atoms. The van der Waals surface area contributed by atoms with Gasteiger partial charge in [-0.3, -0.25) is 9.59 Å². The molecular weight excluding hydrogens is 363 g/mol. The second kappa shape index (κ2) is 8.63. The molecule has 0 aromatic heterocycles. The molecule has 1 fully saturated rings. The van der Waals surface area contributed by atoms with E-state index < -0.39 is 43.0 Å². The molecule has 1 saturated heterocycles. The third-order valence-corrected chi connectivity index (χ3v) is 4.80. The molecule has 0 radical (unpaired) electrons. The minimum Gasteiger partial charge on any atom is -0.493 e. The lowest BCUT2D eigenvalue weighted by molar-refractivity contribution is -0.188. The SMILES string of the molecule is Cc1ccc(C)c(OCCCCC(=O)N2C[C@@H](C(F)(F)F)[C@H](C(=O)O)C2)c1. The zero-order valence-electron chi connectivity index (χ0n) is 15.4. The molecule has 0 unspecified atom stereocenters. The van der Waals surface area contributed by atoms with Gasteiger partial charge in [-0.15, -0.1) is 0 Å². The van der Waals surface area contributed by atoms with E-state index in [9.17, 15) is 22.8 Å². The lowest BCUT2D eigenvalue weighted by atomic mass is 9.96. The number of carbonyl (C=O) groups is 2. The number of aliphatic carboxylic acids is 1. The van der Waals surface area contributed by atoms with Gasteiger partial charge in [0.05, 0.1) is 18.4 Å². The molecule has 27 heavy (non-hydrogen) atoms. The maximum absolute atomic E-state index is 13.0. The molecule has 8 heteroatoms. The minimum absolute atomic E-state index is 0.0765. The first-order valence-electron chi connectivity index (χ1n) is 8.87. The van der Waals surface area contributed by atoms with E-state index in [-0.39, 0.29) is 6.42 Å². The Hall–Kier alpha value is -2.25. The summed E-state index contributed by atoms with van der Waals surface area (Å²) in [6.07, 6.45) is -3.50. The number of amides is 1. The number of halogens is 3. The Morgan fingerprint density at radius 1 is 1.22 bits per heavy atom. The zero-order chi connectivity index (χ0) is 20.2. The standard InChI is InChI=1S/C19H24F3NO4/c1-12-6-7-13(2)16(9-12)27-8-4-3-5-17(24)23-10-14(18(25)26)15(11-23)19(20,21)22/h6-7,9,14-15H,3-5,8,10-11H2,1-2H3,(H,25,26)/t14-,15-/m1/s1. The van der Waals surface area contributed by atoms with E-state index in [1.54, 1.807) is 0 Å². The maximum Gasteiger partial charge on any atom is 0.394 e. The third kappa shape index (κ3) is 5.61. The monoisotopic (exact) mass is 387 g/mol. The number of carbonyl (C=O) groups excluding carboxylic acids is 1. The molecule has 1 aromatic carbocycles. The van der Waals surface area contributed by atoms with Crippen LogP contribution in [0, 0.1) is 25.7 Å².